The van der Waals surface area contributed by atoms with Crippen molar-refractivity contribution in [3.05, 3.63) is 0 Å². The Hall–Kier alpha value is -1.10. The van der Waals surface area contributed by atoms with Crippen LogP contribution in [0.15, 0.2) is 0 Å². The number of carbonyl (C=O) groups excluding carboxylic acids is 1. The highest BCUT2D eigenvalue weighted by atomic mass is 16.5. The van der Waals surface area contributed by atoms with Gasteiger partial charge in [0.2, 0.25) is 5.91 Å². The Labute approximate surface area is 108 Å². The van der Waals surface area contributed by atoms with E-state index in [-0.39, 0.29) is 12.0 Å². The van der Waals surface area contributed by atoms with E-state index in [1.54, 1.807) is 27.7 Å². The van der Waals surface area contributed by atoms with Crippen LogP contribution in [0.1, 0.15) is 47.0 Å². The van der Waals surface area contributed by atoms with Gasteiger partial charge < -0.3 is 15.2 Å². The zero-order valence-corrected chi connectivity index (χ0v) is 11.6. The van der Waals surface area contributed by atoms with Crippen LogP contribution in [0.2, 0.25) is 0 Å². The van der Waals surface area contributed by atoms with Crippen molar-refractivity contribution in [3.63, 3.8) is 0 Å². The average molecular weight is 257 g/mol. The molecule has 18 heavy (non-hydrogen) atoms. The Morgan fingerprint density at radius 3 is 2.39 bits per heavy atom. The van der Waals surface area contributed by atoms with Gasteiger partial charge in [-0.25, -0.2) is 0 Å². The third kappa shape index (κ3) is 3.22. The highest BCUT2D eigenvalue weighted by Crippen LogP contribution is 2.31. The van der Waals surface area contributed by atoms with Gasteiger partial charge in [0.25, 0.3) is 0 Å². The number of amides is 1. The Morgan fingerprint density at radius 1 is 1.33 bits per heavy atom. The molecule has 0 aromatic rings. The SMILES string of the molecule is CC(C)(NC(=O)CC1CCCO1)C(C)(C)C(=O)O. The normalized spacial score (nSPS) is 20.8. The number of carbonyl (C=O) groups is 2. The third-order valence-electron chi connectivity index (χ3n) is 3.99. The molecule has 0 aromatic heterocycles. The van der Waals surface area contributed by atoms with Crippen molar-refractivity contribution in [3.8, 4) is 0 Å². The monoisotopic (exact) mass is 257 g/mol. The van der Waals surface area contributed by atoms with E-state index in [1.165, 1.54) is 0 Å². The van der Waals surface area contributed by atoms with Crippen molar-refractivity contribution in [1.29, 1.82) is 0 Å². The van der Waals surface area contributed by atoms with Gasteiger partial charge in [0.05, 0.1) is 17.9 Å². The molecule has 0 bridgehead atoms. The molecule has 0 aromatic carbocycles. The molecular formula is C13H23NO4. The molecule has 104 valence electrons. The molecule has 1 atom stereocenters. The molecule has 1 fully saturated rings. The number of hydrogen-bond donors (Lipinski definition) is 2. The Balaban J connectivity index is 2.58. The minimum atomic E-state index is -1.03. The molecular weight excluding hydrogens is 234 g/mol. The molecule has 0 saturated carbocycles. The van der Waals surface area contributed by atoms with Crippen molar-refractivity contribution >= 4 is 11.9 Å². The van der Waals surface area contributed by atoms with Crippen LogP contribution in [0.25, 0.3) is 0 Å². The van der Waals surface area contributed by atoms with E-state index < -0.39 is 16.9 Å². The summed E-state index contributed by atoms with van der Waals surface area (Å²) in [5.41, 5.74) is -1.84. The maximum Gasteiger partial charge on any atom is 0.311 e. The van der Waals surface area contributed by atoms with E-state index in [9.17, 15) is 14.7 Å². The zero-order valence-electron chi connectivity index (χ0n) is 11.6. The number of ether oxygens (including phenoxy) is 1. The van der Waals surface area contributed by atoms with Gasteiger partial charge in [-0.05, 0) is 40.5 Å². The molecule has 0 aliphatic carbocycles. The second-order valence-electron chi connectivity index (χ2n) is 5.94. The van der Waals surface area contributed by atoms with Crippen molar-refractivity contribution in [2.75, 3.05) is 6.61 Å². The number of carboxylic acids is 1. The molecule has 1 saturated heterocycles. The average Bonchev–Trinajstić information content (AvgIpc) is 2.68. The fourth-order valence-electron chi connectivity index (χ4n) is 1.84. The molecule has 1 amide bonds. The third-order valence-corrected chi connectivity index (χ3v) is 3.99. The quantitative estimate of drug-likeness (QED) is 0.783. The van der Waals surface area contributed by atoms with Crippen molar-refractivity contribution < 1.29 is 19.4 Å². The predicted octanol–water partition coefficient (Wildman–Crippen LogP) is 1.56. The lowest BCUT2D eigenvalue weighted by atomic mass is 9.74. The lowest BCUT2D eigenvalue weighted by Gasteiger charge is -2.39. The molecule has 0 spiro atoms. The summed E-state index contributed by atoms with van der Waals surface area (Å²) in [6.07, 6.45) is 2.17. The summed E-state index contributed by atoms with van der Waals surface area (Å²) in [5, 5.41) is 12.0. The standard InChI is InChI=1S/C13H23NO4/c1-12(2,11(16)17)13(3,4)14-10(15)8-9-6-5-7-18-9/h9H,5-8H2,1-4H3,(H,14,15)(H,16,17). The first-order valence-corrected chi connectivity index (χ1v) is 6.33. The summed E-state index contributed by atoms with van der Waals surface area (Å²) < 4.78 is 5.39. The van der Waals surface area contributed by atoms with Crippen LogP contribution in [0.5, 0.6) is 0 Å². The summed E-state index contributed by atoms with van der Waals surface area (Å²) in [5.74, 6) is -1.08. The van der Waals surface area contributed by atoms with E-state index in [0.29, 0.717) is 13.0 Å². The van der Waals surface area contributed by atoms with Gasteiger partial charge in [0.15, 0.2) is 0 Å². The van der Waals surface area contributed by atoms with Crippen molar-refractivity contribution in [1.82, 2.24) is 5.32 Å². The first-order valence-electron chi connectivity index (χ1n) is 6.33. The maximum atomic E-state index is 11.9. The molecule has 1 unspecified atom stereocenters. The molecule has 5 nitrogen and oxygen atoms in total. The van der Waals surface area contributed by atoms with Gasteiger partial charge in [0.1, 0.15) is 0 Å². The summed E-state index contributed by atoms with van der Waals surface area (Å²) >= 11 is 0. The van der Waals surface area contributed by atoms with Gasteiger partial charge in [-0.3, -0.25) is 9.59 Å². The molecule has 1 rings (SSSR count). The summed E-state index contributed by atoms with van der Waals surface area (Å²) in [4.78, 5) is 23.1. The molecule has 2 N–H and O–H groups in total. The van der Waals surface area contributed by atoms with Gasteiger partial charge in [-0.1, -0.05) is 0 Å². The smallest absolute Gasteiger partial charge is 0.311 e. The van der Waals surface area contributed by atoms with E-state index in [1.807, 2.05) is 0 Å². The van der Waals surface area contributed by atoms with Crippen molar-refractivity contribution in [2.24, 2.45) is 5.41 Å². The number of carboxylic acid groups (broad SMARTS) is 1. The number of rotatable bonds is 5. The van der Waals surface area contributed by atoms with Gasteiger partial charge >= 0.3 is 5.97 Å². The fraction of sp³-hybridized carbons (Fsp3) is 0.846. The fourth-order valence-corrected chi connectivity index (χ4v) is 1.84. The Bertz CT molecular complexity index is 330. The van der Waals surface area contributed by atoms with E-state index >= 15 is 0 Å². The van der Waals surface area contributed by atoms with Crippen LogP contribution < -0.4 is 5.32 Å². The van der Waals surface area contributed by atoms with Gasteiger partial charge in [-0.15, -0.1) is 0 Å². The first kappa shape index (κ1) is 15.0. The molecule has 1 heterocycles. The second-order valence-corrected chi connectivity index (χ2v) is 5.94. The highest BCUT2D eigenvalue weighted by molar-refractivity contribution is 5.80. The molecule has 1 aliphatic heterocycles. The van der Waals surface area contributed by atoms with Crippen molar-refractivity contribution in [2.45, 2.75) is 58.6 Å². The lowest BCUT2D eigenvalue weighted by molar-refractivity contribution is -0.151. The Morgan fingerprint density at radius 2 is 1.94 bits per heavy atom. The molecule has 0 radical (unpaired) electrons. The zero-order chi connectivity index (χ0) is 14.0. The van der Waals surface area contributed by atoms with Crippen LogP contribution in [0, 0.1) is 5.41 Å². The summed E-state index contributed by atoms with van der Waals surface area (Å²) in [6.45, 7) is 7.40. The van der Waals surface area contributed by atoms with Crippen LogP contribution >= 0.6 is 0 Å². The highest BCUT2D eigenvalue weighted by Gasteiger charge is 2.44. The van der Waals surface area contributed by atoms with Crippen LogP contribution in [0.3, 0.4) is 0 Å². The molecule has 1 aliphatic rings. The number of aliphatic carboxylic acids is 1. The van der Waals surface area contributed by atoms with Crippen LogP contribution in [-0.2, 0) is 14.3 Å². The minimum Gasteiger partial charge on any atom is -0.481 e. The largest absolute Gasteiger partial charge is 0.481 e. The van der Waals surface area contributed by atoms with Crippen LogP contribution in [0.4, 0.5) is 0 Å². The van der Waals surface area contributed by atoms with Crippen LogP contribution in [-0.4, -0.2) is 35.2 Å². The van der Waals surface area contributed by atoms with E-state index in [4.69, 9.17) is 4.74 Å². The predicted molar refractivity (Wildman–Crippen MR) is 67.2 cm³/mol. The Kier molecular flexibility index (Phi) is 4.37. The minimum absolute atomic E-state index is 0.0197. The topological polar surface area (TPSA) is 75.6 Å². The van der Waals surface area contributed by atoms with E-state index in [0.717, 1.165) is 12.8 Å². The summed E-state index contributed by atoms with van der Waals surface area (Å²) in [6, 6.07) is 0. The number of hydrogen-bond acceptors (Lipinski definition) is 3. The number of nitrogens with one attached hydrogen (secondary N) is 1. The lowest BCUT2D eigenvalue weighted by Crippen LogP contribution is -2.57. The summed E-state index contributed by atoms with van der Waals surface area (Å²) in [7, 11) is 0. The van der Waals surface area contributed by atoms with Gasteiger partial charge in [-0.2, -0.15) is 0 Å². The first-order chi connectivity index (χ1) is 8.17. The van der Waals surface area contributed by atoms with Gasteiger partial charge in [0, 0.05) is 12.1 Å². The molecule has 5 heteroatoms. The second kappa shape index (κ2) is 5.26. The maximum absolute atomic E-state index is 11.9. The van der Waals surface area contributed by atoms with E-state index in [2.05, 4.69) is 5.32 Å².